The van der Waals surface area contributed by atoms with Gasteiger partial charge in [-0.1, -0.05) is 56.0 Å². The average Bonchev–Trinajstić information content (AvgIpc) is 3.36. The number of para-hydroxylation sites is 1. The zero-order valence-electron chi connectivity index (χ0n) is 27.1. The van der Waals surface area contributed by atoms with E-state index in [2.05, 4.69) is 112 Å². The summed E-state index contributed by atoms with van der Waals surface area (Å²) in [6.07, 6.45) is 5.14. The minimum atomic E-state index is -1.86. The van der Waals surface area contributed by atoms with Gasteiger partial charge in [-0.15, -0.1) is 18.2 Å². The molecule has 3 aromatic carbocycles. The molecule has 44 heavy (non-hydrogen) atoms. The Balaban J connectivity index is 0.000000199. The van der Waals surface area contributed by atoms with Crippen LogP contribution in [0.15, 0.2) is 95.7 Å². The van der Waals surface area contributed by atoms with E-state index in [0.717, 1.165) is 50.9 Å². The number of rotatable bonds is 5. The zero-order chi connectivity index (χ0) is 30.8. The second-order valence-corrected chi connectivity index (χ2v) is 24.3. The number of aromatic nitrogens is 2. The molecule has 0 aliphatic rings. The largest absolute Gasteiger partial charge is 0 e. The van der Waals surface area contributed by atoms with Gasteiger partial charge in [-0.25, -0.2) is 0 Å². The summed E-state index contributed by atoms with van der Waals surface area (Å²) in [5.41, 5.74) is 8.55. The molecule has 0 aliphatic heterocycles. The van der Waals surface area contributed by atoms with Gasteiger partial charge in [-0.05, 0) is 28.8 Å². The molecule has 0 unspecified atom stereocenters. The van der Waals surface area contributed by atoms with Gasteiger partial charge in [-0.2, -0.15) is 0 Å². The number of fused-ring (bicyclic) bond motifs is 3. The molecular formula is C39H42GeIrN2O-2. The maximum atomic E-state index is 6.09. The second-order valence-electron chi connectivity index (χ2n) is 13.7. The molecule has 3 aromatic heterocycles. The quantitative estimate of drug-likeness (QED) is 0.129. The molecule has 0 N–H and O–H groups in total. The van der Waals surface area contributed by atoms with Crippen LogP contribution in [-0.4, -0.2) is 23.2 Å². The van der Waals surface area contributed by atoms with E-state index in [1.165, 1.54) is 11.1 Å². The molecular weight excluding hydrogens is 777 g/mol. The molecule has 3 heterocycles. The van der Waals surface area contributed by atoms with Crippen LogP contribution in [0.4, 0.5) is 0 Å². The van der Waals surface area contributed by atoms with Gasteiger partial charge >= 0.3 is 126 Å². The first-order valence-electron chi connectivity index (χ1n) is 15.2. The first-order chi connectivity index (χ1) is 20.4. The summed E-state index contributed by atoms with van der Waals surface area (Å²) in [5.74, 6) is 7.99. The molecule has 0 spiro atoms. The second kappa shape index (κ2) is 13.9. The third-order valence-electron chi connectivity index (χ3n) is 7.63. The fourth-order valence-corrected chi connectivity index (χ4v) is 8.73. The third-order valence-corrected chi connectivity index (χ3v) is 12.0. The summed E-state index contributed by atoms with van der Waals surface area (Å²) >= 11 is -1.86. The Morgan fingerprint density at radius 3 is 2.25 bits per heavy atom. The number of benzene rings is 3. The van der Waals surface area contributed by atoms with E-state index in [-0.39, 0.29) is 25.5 Å². The Bertz CT molecular complexity index is 1850. The van der Waals surface area contributed by atoms with E-state index in [0.29, 0.717) is 5.92 Å². The SMILES string of the molecule is CC(C)(C)c1ccnc(-c2[c-]ccc3c2oc2ccccc23)c1.CC(C)Cc1cc(-c2[c-]cccc2)nc[c]1[Ge]([CH3])([CH3])[CH3].[Ir]. The fraction of sp³-hybridized carbons (Fsp3) is 0.282. The first-order valence-corrected chi connectivity index (χ1v) is 22.5. The van der Waals surface area contributed by atoms with E-state index in [1.807, 2.05) is 48.7 Å². The summed E-state index contributed by atoms with van der Waals surface area (Å²) in [7, 11) is 0. The first kappa shape index (κ1) is 33.8. The molecule has 0 bridgehead atoms. The number of nitrogens with zero attached hydrogens (tertiary/aromatic N) is 2. The third kappa shape index (κ3) is 7.77. The molecule has 0 saturated heterocycles. The number of pyridine rings is 2. The van der Waals surface area contributed by atoms with Gasteiger partial charge in [-0.3, -0.25) is 0 Å². The van der Waals surface area contributed by atoms with Crippen LogP contribution in [0, 0.1) is 18.1 Å². The Kier molecular flexibility index (Phi) is 10.7. The topological polar surface area (TPSA) is 38.9 Å². The zero-order valence-corrected chi connectivity index (χ0v) is 31.6. The predicted molar refractivity (Wildman–Crippen MR) is 185 cm³/mol. The maximum absolute atomic E-state index is 6.09. The molecule has 1 radical (unpaired) electrons. The van der Waals surface area contributed by atoms with Crippen LogP contribution in [0.3, 0.4) is 0 Å². The van der Waals surface area contributed by atoms with E-state index in [4.69, 9.17) is 9.40 Å². The van der Waals surface area contributed by atoms with Crippen molar-refractivity contribution in [3.63, 3.8) is 0 Å². The molecule has 5 heteroatoms. The van der Waals surface area contributed by atoms with Crippen molar-refractivity contribution in [2.75, 3.05) is 0 Å². The minimum absolute atomic E-state index is 0. The fourth-order valence-electron chi connectivity index (χ4n) is 5.40. The number of hydrogen-bond acceptors (Lipinski definition) is 3. The molecule has 0 fully saturated rings. The molecule has 0 saturated carbocycles. The van der Waals surface area contributed by atoms with Gasteiger partial charge in [0, 0.05) is 31.7 Å². The standard InChI is InChI=1S/C21H18NO.C18H24GeN.Ir/c1-21(2,3)14-11-12-22-18(13-14)17-9-6-8-16-15-7-4-5-10-19(15)23-20(16)17;1-14(2)11-16-12-18(15-9-7-6-8-10-15)20-13-17(16)19(3,4)5;/h4-8,10-13H,1-3H3;6-9,12-14H,11H2,1-5H3;/q2*-1;. The van der Waals surface area contributed by atoms with Crippen LogP contribution in [0.1, 0.15) is 45.7 Å². The molecule has 0 aliphatic carbocycles. The van der Waals surface area contributed by atoms with Crippen molar-refractivity contribution < 1.29 is 24.5 Å². The summed E-state index contributed by atoms with van der Waals surface area (Å²) in [6.45, 7) is 11.2. The summed E-state index contributed by atoms with van der Waals surface area (Å²) in [5, 5.41) is 2.24. The van der Waals surface area contributed by atoms with Crippen LogP contribution in [0.25, 0.3) is 44.5 Å². The number of hydrogen-bond donors (Lipinski definition) is 0. The number of furan rings is 1. The van der Waals surface area contributed by atoms with Crippen molar-refractivity contribution in [1.82, 2.24) is 9.97 Å². The Morgan fingerprint density at radius 1 is 0.818 bits per heavy atom. The van der Waals surface area contributed by atoms with Crippen molar-refractivity contribution >= 4 is 39.6 Å². The Hall–Kier alpha value is -3.05. The van der Waals surface area contributed by atoms with Gasteiger partial charge in [0.15, 0.2) is 0 Å². The Morgan fingerprint density at radius 2 is 1.57 bits per heavy atom. The van der Waals surface area contributed by atoms with Gasteiger partial charge in [0.2, 0.25) is 0 Å². The van der Waals surface area contributed by atoms with E-state index < -0.39 is 13.3 Å². The smallest absolute Gasteiger partial charge is 0 e. The van der Waals surface area contributed by atoms with Crippen molar-refractivity contribution in [3.8, 4) is 22.5 Å². The molecule has 229 valence electrons. The van der Waals surface area contributed by atoms with Gasteiger partial charge in [0.1, 0.15) is 5.58 Å². The van der Waals surface area contributed by atoms with Gasteiger partial charge in [0.05, 0.1) is 5.58 Å². The monoisotopic (exact) mass is 821 g/mol. The van der Waals surface area contributed by atoms with Crippen molar-refractivity contribution in [1.29, 1.82) is 0 Å². The van der Waals surface area contributed by atoms with Crippen molar-refractivity contribution in [3.05, 3.63) is 115 Å². The normalized spacial score (nSPS) is 11.8. The predicted octanol–water partition coefficient (Wildman–Crippen LogP) is 10.0. The molecule has 6 rings (SSSR count). The summed E-state index contributed by atoms with van der Waals surface area (Å²) in [6, 6.07) is 33.3. The molecule has 3 nitrogen and oxygen atoms in total. The maximum Gasteiger partial charge on any atom is 0 e. The van der Waals surface area contributed by atoms with Crippen LogP contribution in [0.5, 0.6) is 0 Å². The van der Waals surface area contributed by atoms with Crippen LogP contribution >= 0.6 is 0 Å². The molecule has 6 aromatic rings. The van der Waals surface area contributed by atoms with E-state index in [9.17, 15) is 0 Å². The molecule has 0 atom stereocenters. The summed E-state index contributed by atoms with van der Waals surface area (Å²) < 4.78 is 7.63. The minimum Gasteiger partial charge on any atom is 0 e. The van der Waals surface area contributed by atoms with E-state index >= 15 is 0 Å². The average molecular weight is 820 g/mol. The van der Waals surface area contributed by atoms with Gasteiger partial charge in [0.25, 0.3) is 0 Å². The van der Waals surface area contributed by atoms with E-state index in [1.54, 1.807) is 4.40 Å². The van der Waals surface area contributed by atoms with Crippen LogP contribution < -0.4 is 4.40 Å². The van der Waals surface area contributed by atoms with Crippen molar-refractivity contribution in [2.24, 2.45) is 5.92 Å². The van der Waals surface area contributed by atoms with Crippen LogP contribution in [0.2, 0.25) is 17.3 Å². The summed E-state index contributed by atoms with van der Waals surface area (Å²) in [4.78, 5) is 9.25. The Labute approximate surface area is 279 Å². The van der Waals surface area contributed by atoms with Crippen LogP contribution in [-0.2, 0) is 31.9 Å². The van der Waals surface area contributed by atoms with Crippen molar-refractivity contribution in [2.45, 2.75) is 63.7 Å². The molecule has 0 amide bonds. The van der Waals surface area contributed by atoms with Gasteiger partial charge < -0.3 is 9.40 Å².